The average molecular weight is 478 g/mol. The van der Waals surface area contributed by atoms with Gasteiger partial charge in [-0.3, -0.25) is 4.79 Å². The second kappa shape index (κ2) is 8.50. The summed E-state index contributed by atoms with van der Waals surface area (Å²) in [4.78, 5) is 21.6. The zero-order valence-corrected chi connectivity index (χ0v) is 18.5. The molecular formula is C21H18F4N6OS. The van der Waals surface area contributed by atoms with E-state index in [0.717, 1.165) is 44.7 Å². The molecule has 1 atom stereocenters. The Balaban J connectivity index is 1.59. The number of thiophene rings is 1. The number of rotatable bonds is 5. The van der Waals surface area contributed by atoms with Crippen molar-refractivity contribution in [2.24, 2.45) is 0 Å². The van der Waals surface area contributed by atoms with Crippen molar-refractivity contribution in [2.75, 3.05) is 5.32 Å². The van der Waals surface area contributed by atoms with E-state index in [9.17, 15) is 22.4 Å². The molecule has 0 spiro atoms. The molecule has 0 radical (unpaired) electrons. The third-order valence-electron chi connectivity index (χ3n) is 5.24. The molecule has 172 valence electrons. The second-order valence-corrected chi connectivity index (χ2v) is 8.50. The van der Waals surface area contributed by atoms with Gasteiger partial charge in [0.25, 0.3) is 5.91 Å². The number of fused-ring (bicyclic) bond motifs is 3. The number of aromatic nitrogens is 4. The largest absolute Gasteiger partial charge is 0.408 e. The quantitative estimate of drug-likeness (QED) is 0.405. The molecule has 3 heterocycles. The molecule has 1 unspecified atom stereocenters. The van der Waals surface area contributed by atoms with Gasteiger partial charge in [0, 0.05) is 11.9 Å². The molecule has 3 aromatic heterocycles. The molecule has 0 aliphatic carbocycles. The summed E-state index contributed by atoms with van der Waals surface area (Å²) >= 11 is 1.37. The van der Waals surface area contributed by atoms with E-state index in [4.69, 9.17) is 0 Å². The van der Waals surface area contributed by atoms with Gasteiger partial charge in [-0.05, 0) is 44.0 Å². The van der Waals surface area contributed by atoms with Gasteiger partial charge < -0.3 is 10.6 Å². The number of hydrogen-bond acceptors (Lipinski definition) is 7. The maximum atomic E-state index is 14.1. The van der Waals surface area contributed by atoms with E-state index in [1.165, 1.54) is 29.8 Å². The molecule has 33 heavy (non-hydrogen) atoms. The van der Waals surface area contributed by atoms with Gasteiger partial charge in [0.1, 0.15) is 28.8 Å². The first-order valence-electron chi connectivity index (χ1n) is 9.83. The third-order valence-corrected chi connectivity index (χ3v) is 6.31. The molecule has 1 aromatic carbocycles. The van der Waals surface area contributed by atoms with Crippen LogP contribution in [-0.2, 0) is 6.54 Å². The van der Waals surface area contributed by atoms with Crippen LogP contribution in [0.25, 0.3) is 20.4 Å². The van der Waals surface area contributed by atoms with Crippen molar-refractivity contribution >= 4 is 43.5 Å². The van der Waals surface area contributed by atoms with Gasteiger partial charge in [0.2, 0.25) is 0 Å². The number of amides is 1. The van der Waals surface area contributed by atoms with E-state index in [1.807, 2.05) is 13.8 Å². The Morgan fingerprint density at radius 3 is 2.67 bits per heavy atom. The highest BCUT2D eigenvalue weighted by Crippen LogP contribution is 2.36. The van der Waals surface area contributed by atoms with Crippen LogP contribution in [-0.4, -0.2) is 38.3 Å². The Morgan fingerprint density at radius 2 is 1.94 bits per heavy atom. The van der Waals surface area contributed by atoms with Gasteiger partial charge in [-0.2, -0.15) is 18.3 Å². The highest BCUT2D eigenvalue weighted by atomic mass is 32.1. The molecule has 0 saturated carbocycles. The van der Waals surface area contributed by atoms with Crippen LogP contribution < -0.4 is 10.6 Å². The van der Waals surface area contributed by atoms with Crippen LogP contribution in [0.1, 0.15) is 34.1 Å². The summed E-state index contributed by atoms with van der Waals surface area (Å²) in [6.07, 6.45) is -3.22. The zero-order valence-electron chi connectivity index (χ0n) is 17.7. The van der Waals surface area contributed by atoms with Crippen molar-refractivity contribution in [1.29, 1.82) is 0 Å². The Morgan fingerprint density at radius 1 is 1.18 bits per heavy atom. The third kappa shape index (κ3) is 4.42. The molecule has 1 amide bonds. The van der Waals surface area contributed by atoms with Crippen molar-refractivity contribution in [3.05, 3.63) is 52.7 Å². The molecule has 2 N–H and O–H groups in total. The van der Waals surface area contributed by atoms with Gasteiger partial charge in [0.15, 0.2) is 0 Å². The SMILES string of the molecule is Cc1nnc2sc3c(NCc4ccc(F)c(C(=O)NC(C)C(F)(F)F)c4)ncnc3c2c1C. The number of alkyl halides is 3. The number of carbonyl (C=O) groups is 1. The van der Waals surface area contributed by atoms with Crippen LogP contribution in [0.5, 0.6) is 0 Å². The fraction of sp³-hybridized carbons (Fsp3) is 0.286. The van der Waals surface area contributed by atoms with Crippen LogP contribution >= 0.6 is 11.3 Å². The van der Waals surface area contributed by atoms with Crippen LogP contribution in [0.15, 0.2) is 24.5 Å². The number of hydrogen-bond donors (Lipinski definition) is 2. The predicted octanol–water partition coefficient (Wildman–Crippen LogP) is 4.68. The number of halogens is 4. The number of nitrogens with zero attached hydrogens (tertiary/aromatic N) is 4. The van der Waals surface area contributed by atoms with E-state index in [2.05, 4.69) is 25.5 Å². The average Bonchev–Trinajstić information content (AvgIpc) is 3.15. The lowest BCUT2D eigenvalue weighted by molar-refractivity contribution is -0.149. The van der Waals surface area contributed by atoms with Crippen LogP contribution in [0.2, 0.25) is 0 Å². The van der Waals surface area contributed by atoms with Crippen LogP contribution in [0.4, 0.5) is 23.4 Å². The zero-order chi connectivity index (χ0) is 23.9. The van der Waals surface area contributed by atoms with Gasteiger partial charge >= 0.3 is 6.18 Å². The number of benzene rings is 1. The number of nitrogens with one attached hydrogen (secondary N) is 2. The van der Waals surface area contributed by atoms with Gasteiger partial charge in [-0.1, -0.05) is 6.07 Å². The first kappa shape index (κ1) is 22.8. The molecule has 0 aliphatic heterocycles. The van der Waals surface area contributed by atoms with E-state index < -0.39 is 29.5 Å². The molecule has 12 heteroatoms. The predicted molar refractivity (Wildman–Crippen MR) is 117 cm³/mol. The Labute approximate surface area is 189 Å². The molecular weight excluding hydrogens is 460 g/mol. The minimum atomic E-state index is -4.63. The van der Waals surface area contributed by atoms with Crippen molar-refractivity contribution < 1.29 is 22.4 Å². The second-order valence-electron chi connectivity index (χ2n) is 7.50. The Kier molecular flexibility index (Phi) is 5.87. The molecule has 0 fully saturated rings. The van der Waals surface area contributed by atoms with Crippen LogP contribution in [0.3, 0.4) is 0 Å². The fourth-order valence-corrected chi connectivity index (χ4v) is 4.31. The number of aryl methyl sites for hydroxylation is 2. The van der Waals surface area contributed by atoms with Gasteiger partial charge in [-0.15, -0.1) is 16.4 Å². The van der Waals surface area contributed by atoms with E-state index in [-0.39, 0.29) is 6.54 Å². The maximum absolute atomic E-state index is 14.1. The summed E-state index contributed by atoms with van der Waals surface area (Å²) in [5.74, 6) is -1.54. The maximum Gasteiger partial charge on any atom is 0.408 e. The first-order chi connectivity index (χ1) is 15.6. The summed E-state index contributed by atoms with van der Waals surface area (Å²) in [7, 11) is 0. The monoisotopic (exact) mass is 478 g/mol. The number of carbonyl (C=O) groups excluding carboxylic acids is 1. The van der Waals surface area contributed by atoms with Gasteiger partial charge in [-0.25, -0.2) is 14.4 Å². The van der Waals surface area contributed by atoms with Crippen molar-refractivity contribution in [2.45, 2.75) is 39.5 Å². The minimum absolute atomic E-state index is 0.152. The number of anilines is 1. The fourth-order valence-electron chi connectivity index (χ4n) is 3.21. The summed E-state index contributed by atoms with van der Waals surface area (Å²) in [6, 6.07) is 1.59. The van der Waals surface area contributed by atoms with Crippen LogP contribution in [0, 0.1) is 19.7 Å². The smallest absolute Gasteiger partial charge is 0.365 e. The lowest BCUT2D eigenvalue weighted by Gasteiger charge is -2.17. The lowest BCUT2D eigenvalue weighted by atomic mass is 10.1. The Hall–Kier alpha value is -3.41. The standard InChI is InChI=1S/C21H18F4N6OS/c1-9-10(2)30-31-20-15(9)16-17(33-20)18(28-8-27-16)26-7-12-4-5-14(22)13(6-12)19(32)29-11(3)21(23,24)25/h4-6,8,11H,7H2,1-3H3,(H,29,32)(H,26,27,28). The summed E-state index contributed by atoms with van der Waals surface area (Å²) in [5.41, 5.74) is 2.51. The molecule has 7 nitrogen and oxygen atoms in total. The minimum Gasteiger partial charge on any atom is -0.365 e. The highest BCUT2D eigenvalue weighted by Gasteiger charge is 2.37. The van der Waals surface area contributed by atoms with Crippen molar-refractivity contribution in [3.8, 4) is 0 Å². The molecule has 0 aliphatic rings. The lowest BCUT2D eigenvalue weighted by Crippen LogP contribution is -2.43. The van der Waals surface area contributed by atoms with E-state index in [1.54, 1.807) is 5.32 Å². The van der Waals surface area contributed by atoms with E-state index in [0.29, 0.717) is 11.4 Å². The summed E-state index contributed by atoms with van der Waals surface area (Å²) < 4.78 is 53.1. The first-order valence-corrected chi connectivity index (χ1v) is 10.6. The molecule has 0 saturated heterocycles. The summed E-state index contributed by atoms with van der Waals surface area (Å²) in [5, 5.41) is 14.2. The molecule has 4 aromatic rings. The molecule has 4 rings (SSSR count). The highest BCUT2D eigenvalue weighted by molar-refractivity contribution is 7.25. The molecule has 0 bridgehead atoms. The Bertz CT molecular complexity index is 1370. The summed E-state index contributed by atoms with van der Waals surface area (Å²) in [6.45, 7) is 4.75. The van der Waals surface area contributed by atoms with Gasteiger partial charge in [0.05, 0.1) is 21.5 Å². The topological polar surface area (TPSA) is 92.7 Å². The van der Waals surface area contributed by atoms with Crippen molar-refractivity contribution in [1.82, 2.24) is 25.5 Å². The van der Waals surface area contributed by atoms with Crippen molar-refractivity contribution in [3.63, 3.8) is 0 Å². The normalized spacial score (nSPS) is 12.8. The van der Waals surface area contributed by atoms with E-state index >= 15 is 0 Å².